The van der Waals surface area contributed by atoms with Gasteiger partial charge in [-0.25, -0.2) is 4.98 Å². The van der Waals surface area contributed by atoms with Gasteiger partial charge >= 0.3 is 6.18 Å². The van der Waals surface area contributed by atoms with E-state index in [1.165, 1.54) is 6.07 Å². The lowest BCUT2D eigenvalue weighted by Gasteiger charge is -2.16. The van der Waals surface area contributed by atoms with E-state index in [9.17, 15) is 18.0 Å². The van der Waals surface area contributed by atoms with Crippen LogP contribution >= 0.6 is 0 Å². The van der Waals surface area contributed by atoms with Gasteiger partial charge in [0, 0.05) is 24.0 Å². The van der Waals surface area contributed by atoms with Crippen LogP contribution in [-0.2, 0) is 12.6 Å². The molecule has 172 valence electrons. The Labute approximate surface area is 189 Å². The van der Waals surface area contributed by atoms with Crippen molar-refractivity contribution in [1.29, 1.82) is 0 Å². The first-order valence-corrected chi connectivity index (χ1v) is 10.7. The third kappa shape index (κ3) is 5.70. The fourth-order valence-electron chi connectivity index (χ4n) is 3.83. The Morgan fingerprint density at radius 2 is 1.82 bits per heavy atom. The largest absolute Gasteiger partial charge is 0.416 e. The predicted molar refractivity (Wildman–Crippen MR) is 120 cm³/mol. The van der Waals surface area contributed by atoms with Crippen LogP contribution in [0.5, 0.6) is 0 Å². The lowest BCUT2D eigenvalue weighted by Crippen LogP contribution is -2.27. The third-order valence-electron chi connectivity index (χ3n) is 5.48. The van der Waals surface area contributed by atoms with E-state index in [2.05, 4.69) is 15.6 Å². The number of aliphatic hydroxyl groups is 1. The van der Waals surface area contributed by atoms with Gasteiger partial charge in [-0.15, -0.1) is 0 Å². The van der Waals surface area contributed by atoms with Crippen LogP contribution < -0.4 is 10.6 Å². The van der Waals surface area contributed by atoms with Crippen LogP contribution in [0.15, 0.2) is 60.8 Å². The van der Waals surface area contributed by atoms with E-state index in [4.69, 9.17) is 5.11 Å². The molecule has 33 heavy (non-hydrogen) atoms. The lowest BCUT2D eigenvalue weighted by atomic mass is 9.99. The molecule has 0 radical (unpaired) electrons. The Bertz CT molecular complexity index is 1140. The van der Waals surface area contributed by atoms with Crippen LogP contribution in [0.25, 0.3) is 0 Å². The number of benzene rings is 2. The topological polar surface area (TPSA) is 74.2 Å². The summed E-state index contributed by atoms with van der Waals surface area (Å²) in [4.78, 5) is 16.9. The number of halogens is 3. The number of aliphatic hydroxyl groups excluding tert-OH is 1. The van der Waals surface area contributed by atoms with Gasteiger partial charge < -0.3 is 15.7 Å². The number of carbonyl (C=O) groups excluding carboxylic acids is 1. The van der Waals surface area contributed by atoms with E-state index in [1.807, 2.05) is 6.07 Å². The molecule has 1 aromatic heterocycles. The maximum Gasteiger partial charge on any atom is 0.416 e. The molecule has 1 fully saturated rings. The normalized spacial score (nSPS) is 13.6. The highest BCUT2D eigenvalue weighted by molar-refractivity contribution is 5.97. The van der Waals surface area contributed by atoms with Crippen molar-refractivity contribution in [1.82, 2.24) is 10.3 Å². The van der Waals surface area contributed by atoms with Gasteiger partial charge in [0.2, 0.25) is 0 Å². The second kappa shape index (κ2) is 9.62. The van der Waals surface area contributed by atoms with E-state index < -0.39 is 11.7 Å². The van der Waals surface area contributed by atoms with Gasteiger partial charge in [0.25, 0.3) is 5.91 Å². The first kappa shape index (κ1) is 22.8. The third-order valence-corrected chi connectivity index (χ3v) is 5.48. The van der Waals surface area contributed by atoms with Crippen molar-refractivity contribution in [3.8, 4) is 0 Å². The van der Waals surface area contributed by atoms with E-state index in [0.29, 0.717) is 23.4 Å². The highest BCUT2D eigenvalue weighted by Crippen LogP contribution is 2.45. The molecule has 0 unspecified atom stereocenters. The minimum atomic E-state index is -4.38. The van der Waals surface area contributed by atoms with Crippen molar-refractivity contribution in [2.45, 2.75) is 31.4 Å². The molecule has 0 saturated heterocycles. The number of nitrogens with zero attached hydrogens (tertiary/aromatic N) is 1. The van der Waals surface area contributed by atoms with Crippen LogP contribution in [0.2, 0.25) is 0 Å². The summed E-state index contributed by atoms with van der Waals surface area (Å²) in [5.74, 6) is 0.590. The average Bonchev–Trinajstić information content (AvgIpc) is 3.62. The lowest BCUT2D eigenvalue weighted by molar-refractivity contribution is -0.137. The summed E-state index contributed by atoms with van der Waals surface area (Å²) in [5.41, 5.74) is 2.96. The van der Waals surface area contributed by atoms with Gasteiger partial charge in [0.1, 0.15) is 5.82 Å². The quantitative estimate of drug-likeness (QED) is 0.445. The standard InChI is InChI=1S/C25H24F3N3O2/c26-25(27,28)19-4-1-3-16(14-19)13-17-9-10-29-22(15-17)31-21-6-2-5-20(23(21)18-7-8-18)24(33)30-11-12-32/h1-6,9-10,14-15,18,32H,7-8,11-13H2,(H,29,31)(H,30,33). The molecule has 0 bridgehead atoms. The van der Waals surface area contributed by atoms with E-state index >= 15 is 0 Å². The Hall–Kier alpha value is -3.39. The number of hydrogen-bond acceptors (Lipinski definition) is 4. The number of aromatic nitrogens is 1. The van der Waals surface area contributed by atoms with Gasteiger partial charge in [0.05, 0.1) is 12.2 Å². The second-order valence-electron chi connectivity index (χ2n) is 8.07. The molecular formula is C25H24F3N3O2. The number of rotatable bonds is 8. The van der Waals surface area contributed by atoms with Crippen LogP contribution in [-0.4, -0.2) is 29.1 Å². The van der Waals surface area contributed by atoms with Crippen LogP contribution in [0, 0.1) is 0 Å². The zero-order chi connectivity index (χ0) is 23.4. The Morgan fingerprint density at radius 1 is 1.06 bits per heavy atom. The summed E-state index contributed by atoms with van der Waals surface area (Å²) in [5, 5.41) is 15.0. The molecular weight excluding hydrogens is 431 g/mol. The summed E-state index contributed by atoms with van der Waals surface area (Å²) >= 11 is 0. The van der Waals surface area contributed by atoms with Crippen LogP contribution in [0.1, 0.15) is 51.4 Å². The smallest absolute Gasteiger partial charge is 0.395 e. The molecule has 3 aromatic rings. The summed E-state index contributed by atoms with van der Waals surface area (Å²) in [6, 6.07) is 14.3. The van der Waals surface area contributed by atoms with E-state index in [0.717, 1.165) is 41.8 Å². The molecule has 4 rings (SSSR count). The summed E-state index contributed by atoms with van der Waals surface area (Å²) in [7, 11) is 0. The van der Waals surface area contributed by atoms with Crippen LogP contribution in [0.4, 0.5) is 24.7 Å². The van der Waals surface area contributed by atoms with Crippen molar-refractivity contribution in [2.75, 3.05) is 18.5 Å². The van der Waals surface area contributed by atoms with Crippen LogP contribution in [0.3, 0.4) is 0 Å². The minimum absolute atomic E-state index is 0.134. The van der Waals surface area contributed by atoms with E-state index in [1.54, 1.807) is 36.5 Å². The number of hydrogen-bond donors (Lipinski definition) is 3. The maximum absolute atomic E-state index is 13.0. The maximum atomic E-state index is 13.0. The number of anilines is 2. The molecule has 0 spiro atoms. The molecule has 1 aliphatic carbocycles. The van der Waals surface area contributed by atoms with Crippen molar-refractivity contribution in [3.63, 3.8) is 0 Å². The molecule has 1 saturated carbocycles. The fourth-order valence-corrected chi connectivity index (χ4v) is 3.83. The zero-order valence-corrected chi connectivity index (χ0v) is 17.8. The van der Waals surface area contributed by atoms with Crippen molar-refractivity contribution < 1.29 is 23.1 Å². The Balaban J connectivity index is 1.56. The molecule has 5 nitrogen and oxygen atoms in total. The van der Waals surface area contributed by atoms with Gasteiger partial charge in [-0.05, 0) is 72.2 Å². The van der Waals surface area contributed by atoms with Gasteiger partial charge in [0.15, 0.2) is 0 Å². The minimum Gasteiger partial charge on any atom is -0.395 e. The highest BCUT2D eigenvalue weighted by Gasteiger charge is 2.31. The highest BCUT2D eigenvalue weighted by atomic mass is 19.4. The zero-order valence-electron chi connectivity index (χ0n) is 17.8. The summed E-state index contributed by atoms with van der Waals surface area (Å²) < 4.78 is 39.1. The van der Waals surface area contributed by atoms with Gasteiger partial charge in [-0.1, -0.05) is 24.3 Å². The molecule has 0 atom stereocenters. The van der Waals surface area contributed by atoms with Crippen molar-refractivity contribution in [3.05, 3.63) is 88.6 Å². The Morgan fingerprint density at radius 3 is 2.55 bits per heavy atom. The van der Waals surface area contributed by atoms with E-state index in [-0.39, 0.29) is 25.0 Å². The van der Waals surface area contributed by atoms with Crippen molar-refractivity contribution in [2.24, 2.45) is 0 Å². The summed E-state index contributed by atoms with van der Waals surface area (Å²) in [6.07, 6.45) is -0.460. The molecule has 1 aliphatic rings. The number of carbonyl (C=O) groups is 1. The SMILES string of the molecule is O=C(NCCO)c1cccc(Nc2cc(Cc3cccc(C(F)(F)F)c3)ccn2)c1C1CC1. The average molecular weight is 455 g/mol. The van der Waals surface area contributed by atoms with Gasteiger partial charge in [-0.2, -0.15) is 13.2 Å². The number of nitrogens with one attached hydrogen (secondary N) is 2. The number of amides is 1. The summed E-state index contributed by atoms with van der Waals surface area (Å²) in [6.45, 7) is 0.0464. The molecule has 1 heterocycles. The first-order chi connectivity index (χ1) is 15.8. The number of alkyl halides is 3. The fraction of sp³-hybridized carbons (Fsp3) is 0.280. The second-order valence-corrected chi connectivity index (χ2v) is 8.07. The molecule has 2 aromatic carbocycles. The molecule has 0 aliphatic heterocycles. The molecule has 8 heteroatoms. The molecule has 3 N–H and O–H groups in total. The predicted octanol–water partition coefficient (Wildman–Crippen LogP) is 5.03. The van der Waals surface area contributed by atoms with Crippen molar-refractivity contribution >= 4 is 17.4 Å². The first-order valence-electron chi connectivity index (χ1n) is 10.7. The van der Waals surface area contributed by atoms with Gasteiger partial charge in [-0.3, -0.25) is 4.79 Å². The monoisotopic (exact) mass is 455 g/mol. The number of pyridine rings is 1. The Kier molecular flexibility index (Phi) is 6.65. The molecule has 1 amide bonds.